The summed E-state index contributed by atoms with van der Waals surface area (Å²) in [6, 6.07) is 20.6. The minimum absolute atomic E-state index is 0.0332. The minimum Gasteiger partial charge on any atom is -0.381 e. The normalized spacial score (nSPS) is 18.2. The largest absolute Gasteiger partial charge is 0.381 e. The average Bonchev–Trinajstić information content (AvgIpc) is 2.88. The van der Waals surface area contributed by atoms with E-state index >= 15 is 0 Å². The van der Waals surface area contributed by atoms with Crippen molar-refractivity contribution >= 4 is 26.5 Å². The summed E-state index contributed by atoms with van der Waals surface area (Å²) in [6.45, 7) is 0.467. The Bertz CT molecular complexity index is 1210. The van der Waals surface area contributed by atoms with Gasteiger partial charge in [0.25, 0.3) is 0 Å². The maximum Gasteiger partial charge on any atom is 0.241 e. The molecule has 2 aliphatic rings. The Balaban J connectivity index is 1.38. The SMILES string of the molecule is O=S(=O)(NC1CCCCC1)c1c(CNc2ccc(C3CCCCC3)cc2)ccc2ccccc12. The lowest BCUT2D eigenvalue weighted by Gasteiger charge is -2.24. The lowest BCUT2D eigenvalue weighted by atomic mass is 9.84. The molecule has 2 saturated carbocycles. The van der Waals surface area contributed by atoms with Crippen LogP contribution in [-0.2, 0) is 16.6 Å². The highest BCUT2D eigenvalue weighted by atomic mass is 32.2. The zero-order chi connectivity index (χ0) is 23.4. The predicted molar refractivity (Wildman–Crippen MR) is 141 cm³/mol. The summed E-state index contributed by atoms with van der Waals surface area (Å²) in [4.78, 5) is 0.419. The molecule has 3 aromatic rings. The average molecular weight is 477 g/mol. The van der Waals surface area contributed by atoms with Crippen molar-refractivity contribution in [1.29, 1.82) is 0 Å². The molecule has 4 nitrogen and oxygen atoms in total. The summed E-state index contributed by atoms with van der Waals surface area (Å²) in [5.41, 5.74) is 3.26. The molecule has 34 heavy (non-hydrogen) atoms. The smallest absolute Gasteiger partial charge is 0.241 e. The Morgan fingerprint density at radius 2 is 1.41 bits per heavy atom. The summed E-state index contributed by atoms with van der Waals surface area (Å²) in [5, 5.41) is 5.22. The Labute approximate surface area is 204 Å². The predicted octanol–water partition coefficient (Wildman–Crippen LogP) is 7.11. The van der Waals surface area contributed by atoms with Crippen LogP contribution in [0.1, 0.15) is 81.3 Å². The van der Waals surface area contributed by atoms with Crippen molar-refractivity contribution in [2.24, 2.45) is 0 Å². The van der Waals surface area contributed by atoms with Gasteiger partial charge in [0, 0.05) is 23.7 Å². The van der Waals surface area contributed by atoms with Crippen molar-refractivity contribution < 1.29 is 8.42 Å². The number of benzene rings is 3. The molecule has 0 heterocycles. The van der Waals surface area contributed by atoms with Gasteiger partial charge in [0.05, 0.1) is 4.90 Å². The molecule has 0 atom stereocenters. The van der Waals surface area contributed by atoms with E-state index < -0.39 is 10.0 Å². The number of hydrogen-bond donors (Lipinski definition) is 2. The molecule has 0 bridgehead atoms. The quantitative estimate of drug-likeness (QED) is 0.382. The highest BCUT2D eigenvalue weighted by Crippen LogP contribution is 2.33. The van der Waals surface area contributed by atoms with Gasteiger partial charge in [-0.15, -0.1) is 0 Å². The number of anilines is 1. The summed E-state index contributed by atoms with van der Waals surface area (Å²) >= 11 is 0. The number of fused-ring (bicyclic) bond motifs is 1. The number of hydrogen-bond acceptors (Lipinski definition) is 3. The molecule has 0 aromatic heterocycles. The fourth-order valence-corrected chi connectivity index (χ4v) is 7.50. The number of sulfonamides is 1. The highest BCUT2D eigenvalue weighted by molar-refractivity contribution is 7.89. The zero-order valence-electron chi connectivity index (χ0n) is 19.9. The first-order chi connectivity index (χ1) is 16.6. The van der Waals surface area contributed by atoms with E-state index in [2.05, 4.69) is 34.3 Å². The van der Waals surface area contributed by atoms with Crippen LogP contribution in [0.5, 0.6) is 0 Å². The molecule has 2 fully saturated rings. The van der Waals surface area contributed by atoms with Gasteiger partial charge in [0.1, 0.15) is 0 Å². The second kappa shape index (κ2) is 10.5. The Kier molecular flexibility index (Phi) is 7.21. The number of rotatable bonds is 7. The molecule has 0 radical (unpaired) electrons. The van der Waals surface area contributed by atoms with E-state index in [-0.39, 0.29) is 6.04 Å². The maximum atomic E-state index is 13.6. The summed E-state index contributed by atoms with van der Waals surface area (Å²) in [7, 11) is -3.63. The standard InChI is InChI=1S/C29H36N2O2S/c32-34(33,31-27-12-5-2-6-13-27)29-25(16-15-24-11-7-8-14-28(24)29)21-30-26-19-17-23(18-20-26)22-9-3-1-4-10-22/h7-8,11,14-20,22,27,30-31H,1-6,9-10,12-13,21H2. The van der Waals surface area contributed by atoms with Crippen molar-refractivity contribution in [3.63, 3.8) is 0 Å². The third kappa shape index (κ3) is 5.31. The van der Waals surface area contributed by atoms with Crippen LogP contribution in [0.2, 0.25) is 0 Å². The van der Waals surface area contributed by atoms with Gasteiger partial charge in [-0.3, -0.25) is 0 Å². The van der Waals surface area contributed by atoms with Gasteiger partial charge < -0.3 is 5.32 Å². The lowest BCUT2D eigenvalue weighted by molar-refractivity contribution is 0.412. The van der Waals surface area contributed by atoms with Crippen molar-refractivity contribution in [2.75, 3.05) is 5.32 Å². The molecule has 0 amide bonds. The van der Waals surface area contributed by atoms with Crippen LogP contribution < -0.4 is 10.0 Å². The van der Waals surface area contributed by atoms with Crippen molar-refractivity contribution in [3.8, 4) is 0 Å². The van der Waals surface area contributed by atoms with Gasteiger partial charge >= 0.3 is 0 Å². The van der Waals surface area contributed by atoms with E-state index in [1.54, 1.807) is 0 Å². The van der Waals surface area contributed by atoms with E-state index in [0.717, 1.165) is 47.7 Å². The van der Waals surface area contributed by atoms with E-state index in [0.29, 0.717) is 17.4 Å². The fraction of sp³-hybridized carbons (Fsp3) is 0.448. The molecule has 180 valence electrons. The van der Waals surface area contributed by atoms with Crippen LogP contribution in [0.4, 0.5) is 5.69 Å². The molecule has 3 aromatic carbocycles. The summed E-state index contributed by atoms with van der Waals surface area (Å²) in [6.07, 6.45) is 11.8. The van der Waals surface area contributed by atoms with Gasteiger partial charge in [-0.25, -0.2) is 13.1 Å². The van der Waals surface area contributed by atoms with E-state index in [4.69, 9.17) is 0 Å². The van der Waals surface area contributed by atoms with Crippen molar-refractivity contribution in [3.05, 3.63) is 71.8 Å². The second-order valence-corrected chi connectivity index (χ2v) is 11.7. The van der Waals surface area contributed by atoms with Crippen LogP contribution >= 0.6 is 0 Å². The Morgan fingerprint density at radius 3 is 2.15 bits per heavy atom. The molecule has 0 saturated heterocycles. The topological polar surface area (TPSA) is 58.2 Å². The minimum atomic E-state index is -3.63. The van der Waals surface area contributed by atoms with Crippen LogP contribution in [0, 0.1) is 0 Å². The van der Waals surface area contributed by atoms with Crippen LogP contribution in [0.25, 0.3) is 10.8 Å². The van der Waals surface area contributed by atoms with Gasteiger partial charge in [-0.05, 0) is 60.2 Å². The highest BCUT2D eigenvalue weighted by Gasteiger charge is 2.26. The molecule has 0 aliphatic heterocycles. The maximum absolute atomic E-state index is 13.6. The lowest BCUT2D eigenvalue weighted by Crippen LogP contribution is -2.36. The van der Waals surface area contributed by atoms with Crippen LogP contribution in [0.15, 0.2) is 65.6 Å². The van der Waals surface area contributed by atoms with E-state index in [1.807, 2.05) is 36.4 Å². The van der Waals surface area contributed by atoms with E-state index in [9.17, 15) is 8.42 Å². The molecule has 2 N–H and O–H groups in total. The van der Waals surface area contributed by atoms with Gasteiger partial charge in [-0.2, -0.15) is 0 Å². The number of nitrogens with one attached hydrogen (secondary N) is 2. The van der Waals surface area contributed by atoms with Crippen LogP contribution in [-0.4, -0.2) is 14.5 Å². The fourth-order valence-electron chi connectivity index (χ4n) is 5.75. The molecule has 2 aliphatic carbocycles. The monoisotopic (exact) mass is 476 g/mol. The zero-order valence-corrected chi connectivity index (χ0v) is 20.7. The van der Waals surface area contributed by atoms with Gasteiger partial charge in [0.2, 0.25) is 10.0 Å². The summed E-state index contributed by atoms with van der Waals surface area (Å²) in [5.74, 6) is 0.686. The van der Waals surface area contributed by atoms with Gasteiger partial charge in [0.15, 0.2) is 0 Å². The third-order valence-corrected chi connectivity index (χ3v) is 9.29. The first kappa shape index (κ1) is 23.4. The summed E-state index contributed by atoms with van der Waals surface area (Å²) < 4.78 is 30.3. The Hall–Kier alpha value is -2.37. The van der Waals surface area contributed by atoms with Crippen molar-refractivity contribution in [2.45, 2.75) is 87.6 Å². The van der Waals surface area contributed by atoms with E-state index in [1.165, 1.54) is 44.1 Å². The van der Waals surface area contributed by atoms with Crippen LogP contribution in [0.3, 0.4) is 0 Å². The third-order valence-electron chi connectivity index (χ3n) is 7.63. The molecule has 5 rings (SSSR count). The molecule has 0 unspecified atom stereocenters. The second-order valence-electron chi connectivity index (χ2n) is 10.0. The first-order valence-electron chi connectivity index (χ1n) is 13.0. The first-order valence-corrected chi connectivity index (χ1v) is 14.5. The molecular formula is C29H36N2O2S. The molecule has 5 heteroatoms. The molecule has 0 spiro atoms. The van der Waals surface area contributed by atoms with Crippen molar-refractivity contribution in [1.82, 2.24) is 4.72 Å². The molecular weight excluding hydrogens is 440 g/mol. The Morgan fingerprint density at radius 1 is 0.735 bits per heavy atom. The van der Waals surface area contributed by atoms with Gasteiger partial charge in [-0.1, -0.05) is 87.1 Å².